The third-order valence-corrected chi connectivity index (χ3v) is 8.47. The molecule has 2 aromatic carbocycles. The number of amides is 1. The van der Waals surface area contributed by atoms with Crippen LogP contribution in [0.25, 0.3) is 0 Å². The van der Waals surface area contributed by atoms with Crippen molar-refractivity contribution in [1.29, 1.82) is 0 Å². The van der Waals surface area contributed by atoms with E-state index in [2.05, 4.69) is 73.1 Å². The summed E-state index contributed by atoms with van der Waals surface area (Å²) in [6, 6.07) is 21.0. The van der Waals surface area contributed by atoms with Gasteiger partial charge in [0.1, 0.15) is 11.5 Å². The average Bonchev–Trinajstić information content (AvgIpc) is 2.95. The fourth-order valence-corrected chi connectivity index (χ4v) is 5.70. The highest BCUT2D eigenvalue weighted by atomic mass is 28.3. The van der Waals surface area contributed by atoms with Gasteiger partial charge in [0.05, 0.1) is 20.2 Å². The second-order valence-corrected chi connectivity index (χ2v) is 16.6. The van der Waals surface area contributed by atoms with Crippen molar-refractivity contribution in [2.45, 2.75) is 77.4 Å². The first-order chi connectivity index (χ1) is 15.4. The Labute approximate surface area is 200 Å². The quantitative estimate of drug-likeness (QED) is 0.451. The van der Waals surface area contributed by atoms with Crippen LogP contribution in [-0.4, -0.2) is 54.1 Å². The van der Waals surface area contributed by atoms with E-state index in [1.54, 1.807) is 4.90 Å². The molecule has 0 saturated carbocycles. The SMILES string of the molecule is CC1(C)COC(C)(C)N1C(=O)O[C@H](CN(Cc1ccccc1)Cc1ccccc1)[Si](C)(C)C. The first kappa shape index (κ1) is 25.5. The second kappa shape index (κ2) is 10.00. The maximum Gasteiger partial charge on any atom is 0.412 e. The van der Waals surface area contributed by atoms with Gasteiger partial charge in [0.2, 0.25) is 0 Å². The maximum atomic E-state index is 13.5. The Morgan fingerprint density at radius 1 is 0.970 bits per heavy atom. The molecule has 1 fully saturated rings. The molecule has 1 aliphatic heterocycles. The number of hydrogen-bond donors (Lipinski definition) is 0. The molecule has 0 N–H and O–H groups in total. The molecular formula is C27H40N2O3Si. The molecule has 1 heterocycles. The zero-order chi connectivity index (χ0) is 24.3. The van der Waals surface area contributed by atoms with Gasteiger partial charge in [0, 0.05) is 19.6 Å². The smallest absolute Gasteiger partial charge is 0.412 e. The van der Waals surface area contributed by atoms with Crippen molar-refractivity contribution in [2.24, 2.45) is 0 Å². The van der Waals surface area contributed by atoms with Crippen molar-refractivity contribution in [3.05, 3.63) is 71.8 Å². The van der Waals surface area contributed by atoms with Gasteiger partial charge in [-0.25, -0.2) is 4.79 Å². The van der Waals surface area contributed by atoms with E-state index in [0.717, 1.165) is 13.1 Å². The van der Waals surface area contributed by atoms with Gasteiger partial charge in [0.15, 0.2) is 0 Å². The molecule has 0 radical (unpaired) electrons. The van der Waals surface area contributed by atoms with Crippen molar-refractivity contribution in [3.63, 3.8) is 0 Å². The molecule has 6 heteroatoms. The summed E-state index contributed by atoms with van der Waals surface area (Å²) in [5, 5.41) is 0. The van der Waals surface area contributed by atoms with E-state index in [0.29, 0.717) is 13.2 Å². The molecule has 1 amide bonds. The molecular weight excluding hydrogens is 428 g/mol. The van der Waals surface area contributed by atoms with Gasteiger partial charge in [-0.05, 0) is 38.8 Å². The van der Waals surface area contributed by atoms with Crippen LogP contribution in [0.5, 0.6) is 0 Å². The van der Waals surface area contributed by atoms with Gasteiger partial charge in [-0.3, -0.25) is 9.80 Å². The van der Waals surface area contributed by atoms with Crippen LogP contribution in [0.3, 0.4) is 0 Å². The van der Waals surface area contributed by atoms with Crippen LogP contribution in [0.1, 0.15) is 38.8 Å². The van der Waals surface area contributed by atoms with Crippen molar-refractivity contribution in [2.75, 3.05) is 13.2 Å². The lowest BCUT2D eigenvalue weighted by atomic mass is 10.0. The lowest BCUT2D eigenvalue weighted by molar-refractivity contribution is -0.0558. The summed E-state index contributed by atoms with van der Waals surface area (Å²) >= 11 is 0. The predicted octanol–water partition coefficient (Wildman–Crippen LogP) is 5.92. The van der Waals surface area contributed by atoms with E-state index < -0.39 is 19.3 Å². The van der Waals surface area contributed by atoms with E-state index in [-0.39, 0.29) is 11.8 Å². The highest BCUT2D eigenvalue weighted by Gasteiger charge is 2.50. The Morgan fingerprint density at radius 2 is 1.45 bits per heavy atom. The van der Waals surface area contributed by atoms with Gasteiger partial charge < -0.3 is 9.47 Å². The minimum atomic E-state index is -1.84. The minimum Gasteiger partial charge on any atom is -0.449 e. The topological polar surface area (TPSA) is 42.0 Å². The summed E-state index contributed by atoms with van der Waals surface area (Å²) in [7, 11) is -1.84. The number of rotatable bonds is 8. The van der Waals surface area contributed by atoms with Crippen LogP contribution in [0.4, 0.5) is 4.79 Å². The summed E-state index contributed by atoms with van der Waals surface area (Å²) in [4.78, 5) is 17.6. The van der Waals surface area contributed by atoms with E-state index in [1.807, 2.05) is 39.8 Å². The normalized spacial score (nSPS) is 18.4. The van der Waals surface area contributed by atoms with E-state index in [9.17, 15) is 4.79 Å². The fourth-order valence-electron chi connectivity index (χ4n) is 4.44. The highest BCUT2D eigenvalue weighted by Crippen LogP contribution is 2.35. The molecule has 3 rings (SSSR count). The van der Waals surface area contributed by atoms with Gasteiger partial charge in [-0.15, -0.1) is 0 Å². The fraction of sp³-hybridized carbons (Fsp3) is 0.519. The van der Waals surface area contributed by atoms with Crippen molar-refractivity contribution in [3.8, 4) is 0 Å². The molecule has 0 bridgehead atoms. The molecule has 1 atom stereocenters. The van der Waals surface area contributed by atoms with Crippen LogP contribution in [0, 0.1) is 0 Å². The molecule has 33 heavy (non-hydrogen) atoms. The summed E-state index contributed by atoms with van der Waals surface area (Å²) in [6.45, 7) is 17.5. The van der Waals surface area contributed by atoms with Crippen molar-refractivity contribution in [1.82, 2.24) is 9.80 Å². The van der Waals surface area contributed by atoms with E-state index in [1.165, 1.54) is 11.1 Å². The number of nitrogens with zero attached hydrogens (tertiary/aromatic N) is 2. The molecule has 0 spiro atoms. The highest BCUT2D eigenvalue weighted by molar-refractivity contribution is 6.77. The van der Waals surface area contributed by atoms with Gasteiger partial charge >= 0.3 is 6.09 Å². The molecule has 0 unspecified atom stereocenters. The van der Waals surface area contributed by atoms with Gasteiger partial charge in [-0.2, -0.15) is 0 Å². The summed E-state index contributed by atoms with van der Waals surface area (Å²) in [5.74, 6) is 0. The maximum absolute atomic E-state index is 13.5. The third-order valence-electron chi connectivity index (χ3n) is 6.24. The number of ether oxygens (including phenoxy) is 2. The Kier molecular flexibility index (Phi) is 7.71. The third kappa shape index (κ3) is 6.68. The number of carbonyl (C=O) groups is 1. The molecule has 0 aromatic heterocycles. The Hall–Kier alpha value is -2.15. The molecule has 180 valence electrons. The molecule has 1 aliphatic rings. The standard InChI is InChI=1S/C27H40N2O3Si/c1-26(2)21-31-27(3,4)29(26)25(30)32-24(33(5,6)7)20-28(18-22-14-10-8-11-15-22)19-23-16-12-9-13-17-23/h8-17,24H,18-21H2,1-7H3/t24-/m0/s1. The van der Waals surface area contributed by atoms with Crippen LogP contribution in [0.2, 0.25) is 19.6 Å². The first-order valence-corrected chi connectivity index (χ1v) is 15.4. The number of carbonyl (C=O) groups excluding carboxylic acids is 1. The van der Waals surface area contributed by atoms with E-state index in [4.69, 9.17) is 9.47 Å². The van der Waals surface area contributed by atoms with Gasteiger partial charge in [-0.1, -0.05) is 80.3 Å². The summed E-state index contributed by atoms with van der Waals surface area (Å²) in [5.41, 5.74) is 1.27. The molecule has 1 saturated heterocycles. The minimum absolute atomic E-state index is 0.148. The van der Waals surface area contributed by atoms with Crippen LogP contribution in [-0.2, 0) is 22.6 Å². The van der Waals surface area contributed by atoms with E-state index >= 15 is 0 Å². The lowest BCUT2D eigenvalue weighted by Crippen LogP contribution is -2.56. The van der Waals surface area contributed by atoms with Crippen molar-refractivity contribution < 1.29 is 14.3 Å². The predicted molar refractivity (Wildman–Crippen MR) is 137 cm³/mol. The Bertz CT molecular complexity index is 852. The zero-order valence-electron chi connectivity index (χ0n) is 21.3. The van der Waals surface area contributed by atoms with Crippen LogP contribution in [0.15, 0.2) is 60.7 Å². The molecule has 0 aliphatic carbocycles. The van der Waals surface area contributed by atoms with Gasteiger partial charge in [0.25, 0.3) is 0 Å². The number of benzene rings is 2. The van der Waals surface area contributed by atoms with Crippen LogP contribution >= 0.6 is 0 Å². The molecule has 5 nitrogen and oxygen atoms in total. The Morgan fingerprint density at radius 3 is 1.85 bits per heavy atom. The molecule has 2 aromatic rings. The number of hydrogen-bond acceptors (Lipinski definition) is 4. The Balaban J connectivity index is 1.82. The van der Waals surface area contributed by atoms with Crippen molar-refractivity contribution >= 4 is 14.2 Å². The summed E-state index contributed by atoms with van der Waals surface area (Å²) in [6.07, 6.45) is -0.283. The lowest BCUT2D eigenvalue weighted by Gasteiger charge is -2.40. The zero-order valence-corrected chi connectivity index (χ0v) is 22.3. The summed E-state index contributed by atoms with van der Waals surface area (Å²) < 4.78 is 12.2. The first-order valence-electron chi connectivity index (χ1n) is 11.8. The average molecular weight is 469 g/mol. The monoisotopic (exact) mass is 468 g/mol. The largest absolute Gasteiger partial charge is 0.449 e. The second-order valence-electron chi connectivity index (χ2n) is 11.3. The van der Waals surface area contributed by atoms with Crippen LogP contribution < -0.4 is 0 Å².